The monoisotopic (exact) mass is 310 g/mol. The summed E-state index contributed by atoms with van der Waals surface area (Å²) in [5, 5.41) is 0.475. The maximum absolute atomic E-state index is 12.2. The van der Waals surface area contributed by atoms with Gasteiger partial charge in [-0.25, -0.2) is 8.42 Å². The molecule has 0 aliphatic rings. The largest absolute Gasteiger partial charge is 0.330 e. The van der Waals surface area contributed by atoms with E-state index in [4.69, 9.17) is 17.3 Å². The summed E-state index contributed by atoms with van der Waals surface area (Å²) in [6.07, 6.45) is 0.724. The van der Waals surface area contributed by atoms with Gasteiger partial charge in [0.2, 0.25) is 0 Å². The molecule has 0 unspecified atom stereocenters. The molecular weight excluding hydrogens is 296 g/mol. The fraction of sp³-hybridized carbons (Fsp3) is 0.143. The lowest BCUT2D eigenvalue weighted by molar-refractivity contribution is 0.601. The van der Waals surface area contributed by atoms with Crippen LogP contribution in [0.25, 0.3) is 0 Å². The number of anilines is 1. The summed E-state index contributed by atoms with van der Waals surface area (Å²) in [6, 6.07) is 13.2. The lowest BCUT2D eigenvalue weighted by Crippen LogP contribution is -2.13. The first kappa shape index (κ1) is 14.8. The molecular formula is C14H15ClN2O2S. The summed E-state index contributed by atoms with van der Waals surface area (Å²) in [4.78, 5) is 0.207. The van der Waals surface area contributed by atoms with Gasteiger partial charge in [0, 0.05) is 5.02 Å². The molecule has 3 N–H and O–H groups in total. The molecule has 6 heteroatoms. The molecule has 0 heterocycles. The topological polar surface area (TPSA) is 72.2 Å². The van der Waals surface area contributed by atoms with E-state index in [-0.39, 0.29) is 4.90 Å². The van der Waals surface area contributed by atoms with E-state index < -0.39 is 10.0 Å². The molecule has 0 atom stereocenters. The zero-order valence-corrected chi connectivity index (χ0v) is 12.3. The average molecular weight is 311 g/mol. The average Bonchev–Trinajstić information content (AvgIpc) is 2.39. The lowest BCUT2D eigenvalue weighted by atomic mass is 10.2. The van der Waals surface area contributed by atoms with Crippen molar-refractivity contribution in [3.8, 4) is 0 Å². The second kappa shape index (κ2) is 6.26. The Morgan fingerprint density at radius 1 is 1.10 bits per heavy atom. The fourth-order valence-electron chi connectivity index (χ4n) is 1.77. The highest BCUT2D eigenvalue weighted by atomic mass is 35.5. The Labute approximate surface area is 123 Å². The molecule has 2 rings (SSSR count). The van der Waals surface area contributed by atoms with Crippen molar-refractivity contribution in [3.63, 3.8) is 0 Å². The predicted octanol–water partition coefficient (Wildman–Crippen LogP) is 2.64. The van der Waals surface area contributed by atoms with Crippen LogP contribution >= 0.6 is 11.6 Å². The standard InChI is InChI=1S/C14H15ClN2O2S/c15-12-2-1-3-13(10-12)17-20(18,19)14-6-4-11(5-7-14)8-9-16/h1-7,10,17H,8-9,16H2. The molecule has 0 amide bonds. The van der Waals surface area contributed by atoms with Crippen LogP contribution in [0, 0.1) is 0 Å². The lowest BCUT2D eigenvalue weighted by Gasteiger charge is -2.09. The van der Waals surface area contributed by atoms with Crippen LogP contribution < -0.4 is 10.5 Å². The number of hydrogen-bond donors (Lipinski definition) is 2. The van der Waals surface area contributed by atoms with Gasteiger partial charge in [-0.3, -0.25) is 4.72 Å². The molecule has 0 saturated heterocycles. The highest BCUT2D eigenvalue weighted by Crippen LogP contribution is 2.19. The molecule has 0 saturated carbocycles. The maximum Gasteiger partial charge on any atom is 0.261 e. The van der Waals surface area contributed by atoms with Crippen molar-refractivity contribution in [1.82, 2.24) is 0 Å². The number of nitrogens with one attached hydrogen (secondary N) is 1. The van der Waals surface area contributed by atoms with Crippen LogP contribution in [0.1, 0.15) is 5.56 Å². The van der Waals surface area contributed by atoms with Gasteiger partial charge >= 0.3 is 0 Å². The summed E-state index contributed by atoms with van der Waals surface area (Å²) >= 11 is 5.83. The molecule has 2 aromatic carbocycles. The van der Waals surface area contributed by atoms with Crippen LogP contribution in [0.4, 0.5) is 5.69 Å². The van der Waals surface area contributed by atoms with Gasteiger partial charge in [-0.15, -0.1) is 0 Å². The van der Waals surface area contributed by atoms with Crippen LogP contribution in [0.15, 0.2) is 53.4 Å². The van der Waals surface area contributed by atoms with E-state index in [2.05, 4.69) is 4.72 Å². The van der Waals surface area contributed by atoms with Crippen molar-refractivity contribution in [3.05, 3.63) is 59.1 Å². The van der Waals surface area contributed by atoms with Gasteiger partial charge < -0.3 is 5.73 Å². The Balaban J connectivity index is 2.21. The van der Waals surface area contributed by atoms with Crippen molar-refractivity contribution >= 4 is 27.3 Å². The minimum absolute atomic E-state index is 0.207. The van der Waals surface area contributed by atoms with Gasteiger partial charge in [-0.05, 0) is 48.9 Å². The van der Waals surface area contributed by atoms with Crippen LogP contribution in [0.3, 0.4) is 0 Å². The minimum Gasteiger partial charge on any atom is -0.330 e. The highest BCUT2D eigenvalue weighted by Gasteiger charge is 2.13. The van der Waals surface area contributed by atoms with E-state index in [1.54, 1.807) is 48.5 Å². The van der Waals surface area contributed by atoms with Crippen LogP contribution in [-0.2, 0) is 16.4 Å². The molecule has 0 aliphatic carbocycles. The number of nitrogens with two attached hydrogens (primary N) is 1. The molecule has 0 aromatic heterocycles. The molecule has 0 spiro atoms. The predicted molar refractivity (Wildman–Crippen MR) is 81.5 cm³/mol. The SMILES string of the molecule is NCCc1ccc(S(=O)(=O)Nc2cccc(Cl)c2)cc1. The molecule has 0 radical (unpaired) electrons. The number of benzene rings is 2. The number of hydrogen-bond acceptors (Lipinski definition) is 3. The summed E-state index contributed by atoms with van der Waals surface area (Å²) in [7, 11) is -3.60. The van der Waals surface area contributed by atoms with E-state index in [0.29, 0.717) is 17.3 Å². The van der Waals surface area contributed by atoms with E-state index >= 15 is 0 Å². The summed E-state index contributed by atoms with van der Waals surface area (Å²) in [6.45, 7) is 0.535. The second-order valence-electron chi connectivity index (χ2n) is 4.30. The maximum atomic E-state index is 12.2. The molecule has 0 fully saturated rings. The third kappa shape index (κ3) is 3.72. The first-order valence-electron chi connectivity index (χ1n) is 6.09. The third-order valence-corrected chi connectivity index (χ3v) is 4.38. The third-order valence-electron chi connectivity index (χ3n) is 2.74. The van der Waals surface area contributed by atoms with Gasteiger partial charge in [-0.1, -0.05) is 29.8 Å². The second-order valence-corrected chi connectivity index (χ2v) is 6.42. The van der Waals surface area contributed by atoms with Crippen molar-refractivity contribution in [2.24, 2.45) is 5.73 Å². The normalized spacial score (nSPS) is 11.3. The van der Waals surface area contributed by atoms with Crippen LogP contribution in [-0.4, -0.2) is 15.0 Å². The van der Waals surface area contributed by atoms with E-state index in [0.717, 1.165) is 12.0 Å². The zero-order chi connectivity index (χ0) is 14.6. The van der Waals surface area contributed by atoms with Crippen LogP contribution in [0.2, 0.25) is 5.02 Å². The Morgan fingerprint density at radius 2 is 1.80 bits per heavy atom. The Morgan fingerprint density at radius 3 is 2.40 bits per heavy atom. The fourth-order valence-corrected chi connectivity index (χ4v) is 3.01. The summed E-state index contributed by atoms with van der Waals surface area (Å²) in [5.41, 5.74) is 6.90. The summed E-state index contributed by atoms with van der Waals surface area (Å²) in [5.74, 6) is 0. The molecule has 106 valence electrons. The van der Waals surface area contributed by atoms with E-state index in [9.17, 15) is 8.42 Å². The first-order chi connectivity index (χ1) is 9.51. The van der Waals surface area contributed by atoms with E-state index in [1.807, 2.05) is 0 Å². The van der Waals surface area contributed by atoms with E-state index in [1.165, 1.54) is 0 Å². The van der Waals surface area contributed by atoms with Gasteiger partial charge in [0.25, 0.3) is 10.0 Å². The van der Waals surface area contributed by atoms with Gasteiger partial charge in [0.1, 0.15) is 0 Å². The number of halogens is 1. The highest BCUT2D eigenvalue weighted by molar-refractivity contribution is 7.92. The van der Waals surface area contributed by atoms with Gasteiger partial charge in [0.15, 0.2) is 0 Å². The quantitative estimate of drug-likeness (QED) is 0.891. The molecule has 0 bridgehead atoms. The van der Waals surface area contributed by atoms with Crippen LogP contribution in [0.5, 0.6) is 0 Å². The minimum atomic E-state index is -3.60. The van der Waals surface area contributed by atoms with Crippen molar-refractivity contribution in [2.45, 2.75) is 11.3 Å². The molecule has 0 aliphatic heterocycles. The molecule has 2 aromatic rings. The smallest absolute Gasteiger partial charge is 0.261 e. The number of rotatable bonds is 5. The van der Waals surface area contributed by atoms with Crippen molar-refractivity contribution in [2.75, 3.05) is 11.3 Å². The van der Waals surface area contributed by atoms with Crippen molar-refractivity contribution in [1.29, 1.82) is 0 Å². The Hall–Kier alpha value is -1.56. The Bertz CT molecular complexity index is 685. The van der Waals surface area contributed by atoms with Crippen molar-refractivity contribution < 1.29 is 8.42 Å². The molecule has 4 nitrogen and oxygen atoms in total. The zero-order valence-electron chi connectivity index (χ0n) is 10.7. The number of sulfonamides is 1. The first-order valence-corrected chi connectivity index (χ1v) is 7.95. The molecule has 20 heavy (non-hydrogen) atoms. The Kier molecular flexibility index (Phi) is 4.65. The van der Waals surface area contributed by atoms with Gasteiger partial charge in [-0.2, -0.15) is 0 Å². The summed E-state index contributed by atoms with van der Waals surface area (Å²) < 4.78 is 26.9. The van der Waals surface area contributed by atoms with Gasteiger partial charge in [0.05, 0.1) is 10.6 Å².